The van der Waals surface area contributed by atoms with Crippen LogP contribution in [0.1, 0.15) is 36.0 Å². The summed E-state index contributed by atoms with van der Waals surface area (Å²) in [6.07, 6.45) is 1.54. The fourth-order valence-electron chi connectivity index (χ4n) is 7.01. The molecule has 1 amide bonds. The Kier molecular flexibility index (Phi) is 7.02. The van der Waals surface area contributed by atoms with E-state index in [1.54, 1.807) is 7.11 Å². The zero-order chi connectivity index (χ0) is 29.3. The number of methoxy groups -OCH3 is 1. The van der Waals surface area contributed by atoms with Gasteiger partial charge in [-0.05, 0) is 51.8 Å². The molecular weight excluding hydrogens is 525 g/mol. The molecule has 5 rings (SSSR count). The number of hydrogen-bond donors (Lipinski definition) is 5. The summed E-state index contributed by atoms with van der Waals surface area (Å²) in [6, 6.07) is 0.0275. The number of phenols is 1. The van der Waals surface area contributed by atoms with Crippen molar-refractivity contribution < 1.29 is 43.9 Å². The number of rotatable bonds is 5. The molecule has 0 bridgehead atoms. The van der Waals surface area contributed by atoms with E-state index in [0.29, 0.717) is 13.1 Å². The third kappa shape index (κ3) is 4.04. The number of nitrogens with zero attached hydrogens (tertiary/aromatic N) is 2. The van der Waals surface area contributed by atoms with Crippen LogP contribution in [0.2, 0.25) is 0 Å². The number of Topliss-reactive ketones (excluding diaryl/α,β-unsaturated/α-hetero) is 2. The van der Waals surface area contributed by atoms with Crippen molar-refractivity contribution in [2.75, 3.05) is 34.3 Å². The number of likely N-dealkylation sites (tertiary alicyclic amines) is 1. The quantitative estimate of drug-likeness (QED) is 0.323. The van der Waals surface area contributed by atoms with Gasteiger partial charge in [0.1, 0.15) is 28.7 Å². The van der Waals surface area contributed by atoms with Crippen LogP contribution in [0.15, 0.2) is 23.0 Å². The summed E-state index contributed by atoms with van der Waals surface area (Å²) >= 11 is 0. The number of ketones is 2. The lowest BCUT2D eigenvalue weighted by Crippen LogP contribution is -2.65. The molecule has 0 spiro atoms. The average molecular weight is 560 g/mol. The maximum Gasteiger partial charge on any atom is 0.255 e. The van der Waals surface area contributed by atoms with Crippen LogP contribution in [-0.2, 0) is 32.1 Å². The number of aliphatic hydroxyl groups is 3. The van der Waals surface area contributed by atoms with Crippen LogP contribution in [0.4, 0.5) is 4.39 Å². The summed E-state index contributed by atoms with van der Waals surface area (Å²) in [5, 5.41) is 44.6. The van der Waals surface area contributed by atoms with Crippen LogP contribution >= 0.6 is 0 Å². The van der Waals surface area contributed by atoms with E-state index in [1.807, 2.05) is 0 Å². The summed E-state index contributed by atoms with van der Waals surface area (Å²) in [4.78, 5) is 42.5. The first-order chi connectivity index (χ1) is 18.8. The normalized spacial score (nSPS) is 29.5. The van der Waals surface area contributed by atoms with E-state index >= 15 is 4.39 Å². The number of benzene rings is 1. The second kappa shape index (κ2) is 9.95. The van der Waals surface area contributed by atoms with Crippen LogP contribution in [0.25, 0.3) is 5.76 Å². The minimum Gasteiger partial charge on any atom is -0.508 e. The van der Waals surface area contributed by atoms with Gasteiger partial charge in [-0.15, -0.1) is 0 Å². The van der Waals surface area contributed by atoms with Gasteiger partial charge in [-0.25, -0.2) is 4.39 Å². The number of primary amides is 1. The van der Waals surface area contributed by atoms with Crippen LogP contribution in [0, 0.1) is 17.7 Å². The zero-order valence-corrected chi connectivity index (χ0v) is 22.6. The van der Waals surface area contributed by atoms with Gasteiger partial charge in [0.2, 0.25) is 5.78 Å². The second-order valence-corrected chi connectivity index (χ2v) is 11.4. The summed E-state index contributed by atoms with van der Waals surface area (Å²) < 4.78 is 21.3. The number of halogens is 1. The van der Waals surface area contributed by atoms with Gasteiger partial charge >= 0.3 is 0 Å². The third-order valence-electron chi connectivity index (χ3n) is 8.99. The summed E-state index contributed by atoms with van der Waals surface area (Å²) in [7, 11) is 4.70. The summed E-state index contributed by atoms with van der Waals surface area (Å²) in [5.41, 5.74) is 1.43. The van der Waals surface area contributed by atoms with Gasteiger partial charge < -0.3 is 30.9 Å². The molecule has 4 atom stereocenters. The summed E-state index contributed by atoms with van der Waals surface area (Å²) in [5.74, 6) is -8.22. The van der Waals surface area contributed by atoms with Gasteiger partial charge in [0.25, 0.3) is 5.91 Å². The second-order valence-electron chi connectivity index (χ2n) is 11.4. The van der Waals surface area contributed by atoms with Crippen molar-refractivity contribution in [3.63, 3.8) is 0 Å². The smallest absolute Gasteiger partial charge is 0.255 e. The van der Waals surface area contributed by atoms with E-state index in [4.69, 9.17) is 10.5 Å². The number of hydrogen-bond acceptors (Lipinski definition) is 10. The van der Waals surface area contributed by atoms with Crippen molar-refractivity contribution in [3.05, 3.63) is 45.5 Å². The molecule has 3 aliphatic carbocycles. The van der Waals surface area contributed by atoms with Crippen LogP contribution < -0.4 is 5.73 Å². The fraction of sp³-hybridized carbons (Fsp3) is 0.536. The third-order valence-corrected chi connectivity index (χ3v) is 8.99. The van der Waals surface area contributed by atoms with E-state index in [1.165, 1.54) is 25.1 Å². The molecule has 1 aromatic carbocycles. The number of phenolic OH excluding ortho intramolecular Hbond substituents is 1. The highest BCUT2D eigenvalue weighted by Crippen LogP contribution is 2.53. The van der Waals surface area contributed by atoms with Crippen molar-refractivity contribution in [3.8, 4) is 5.75 Å². The van der Waals surface area contributed by atoms with Crippen molar-refractivity contribution in [2.24, 2.45) is 17.6 Å². The van der Waals surface area contributed by atoms with E-state index < -0.39 is 69.6 Å². The molecular formula is C28H34FN3O8. The number of ether oxygens (including phenoxy) is 1. The molecule has 0 unspecified atom stereocenters. The fourth-order valence-corrected chi connectivity index (χ4v) is 7.01. The first-order valence-corrected chi connectivity index (χ1v) is 13.3. The molecule has 4 aliphatic rings. The van der Waals surface area contributed by atoms with Crippen molar-refractivity contribution >= 4 is 23.2 Å². The molecule has 2 fully saturated rings. The first-order valence-electron chi connectivity index (χ1n) is 13.3. The minimum atomic E-state index is -2.73. The Morgan fingerprint density at radius 3 is 2.45 bits per heavy atom. The van der Waals surface area contributed by atoms with Crippen LogP contribution in [0.5, 0.6) is 5.75 Å². The lowest BCUT2D eigenvalue weighted by atomic mass is 9.57. The van der Waals surface area contributed by atoms with Gasteiger partial charge in [-0.3, -0.25) is 24.2 Å². The molecule has 40 heavy (non-hydrogen) atoms. The van der Waals surface area contributed by atoms with E-state index in [9.17, 15) is 34.8 Å². The van der Waals surface area contributed by atoms with Crippen LogP contribution in [-0.4, -0.2) is 99.7 Å². The Hall–Kier alpha value is -3.32. The number of carbonyl (C=O) groups is 3. The maximum absolute atomic E-state index is 15.9. The highest BCUT2D eigenvalue weighted by molar-refractivity contribution is 6.24. The molecule has 11 nitrogen and oxygen atoms in total. The molecule has 1 heterocycles. The van der Waals surface area contributed by atoms with Gasteiger partial charge in [0.15, 0.2) is 11.4 Å². The van der Waals surface area contributed by atoms with Crippen molar-refractivity contribution in [1.29, 1.82) is 0 Å². The SMILES string of the molecule is COC1CCN(Cc2cc(O)c3c(c2F)C[C@H]2C[C@H]4[C@H](N(C)C)C(=O)C(C(N)=O)=C(O)[C@@]4(O)C(=O)C2=C3O)CC1. The van der Waals surface area contributed by atoms with Gasteiger partial charge in [-0.1, -0.05) is 0 Å². The van der Waals surface area contributed by atoms with Gasteiger partial charge in [0.05, 0.1) is 17.7 Å². The number of piperidine rings is 1. The standard InChI is InChI=1S/C28H34FN3O8/c1-31(2)22-16-9-12-8-15-19(17(33)10-13(21(15)29)11-32-6-4-14(40-3)5-7-32)23(34)18(12)25(36)28(16,39)26(37)20(24(22)35)27(30)38/h10,12,14,16,22,33-34,37,39H,4-9,11H2,1-3H3,(H2,30,38)/t12-,16-,22-,28-/m0/s1. The lowest BCUT2D eigenvalue weighted by molar-refractivity contribution is -0.153. The van der Waals surface area contributed by atoms with Crippen LogP contribution in [0.3, 0.4) is 0 Å². The molecule has 1 aliphatic heterocycles. The number of nitrogens with two attached hydrogens (primary N) is 1. The maximum atomic E-state index is 15.9. The van der Waals surface area contributed by atoms with E-state index in [0.717, 1.165) is 12.8 Å². The Labute approximate surface area is 230 Å². The minimum absolute atomic E-state index is 0.0346. The number of aromatic hydroxyl groups is 1. The lowest BCUT2D eigenvalue weighted by Gasteiger charge is -2.50. The number of likely N-dealkylation sites (N-methyl/N-ethyl adjacent to an activating group) is 1. The Morgan fingerprint density at radius 1 is 1.23 bits per heavy atom. The average Bonchev–Trinajstić information content (AvgIpc) is 2.89. The Bertz CT molecular complexity index is 1360. The highest BCUT2D eigenvalue weighted by Gasteiger charge is 2.64. The topological polar surface area (TPSA) is 174 Å². The largest absolute Gasteiger partial charge is 0.508 e. The predicted octanol–water partition coefficient (Wildman–Crippen LogP) is 0.714. The number of carbonyl (C=O) groups excluding carboxylic acids is 3. The highest BCUT2D eigenvalue weighted by atomic mass is 19.1. The van der Waals surface area contributed by atoms with E-state index in [2.05, 4.69) is 4.90 Å². The predicted molar refractivity (Wildman–Crippen MR) is 140 cm³/mol. The van der Waals surface area contributed by atoms with E-state index in [-0.39, 0.29) is 47.8 Å². The molecule has 12 heteroatoms. The molecule has 6 N–H and O–H groups in total. The Balaban J connectivity index is 1.58. The van der Waals surface area contributed by atoms with Crippen molar-refractivity contribution in [2.45, 2.75) is 50.0 Å². The van der Waals surface area contributed by atoms with Gasteiger partial charge in [0, 0.05) is 49.4 Å². The molecule has 0 radical (unpaired) electrons. The summed E-state index contributed by atoms with van der Waals surface area (Å²) in [6.45, 7) is 1.61. The molecule has 1 saturated heterocycles. The molecule has 1 saturated carbocycles. The first kappa shape index (κ1) is 28.2. The number of amides is 1. The molecule has 1 aromatic rings. The van der Waals surface area contributed by atoms with Crippen molar-refractivity contribution in [1.82, 2.24) is 9.80 Å². The number of aliphatic hydroxyl groups excluding tert-OH is 2. The van der Waals surface area contributed by atoms with Gasteiger partial charge in [-0.2, -0.15) is 0 Å². The molecule has 0 aromatic heterocycles. The monoisotopic (exact) mass is 559 g/mol. The Morgan fingerprint density at radius 2 is 1.88 bits per heavy atom. The number of fused-ring (bicyclic) bond motifs is 3. The zero-order valence-electron chi connectivity index (χ0n) is 22.6. The molecule has 216 valence electrons.